The van der Waals surface area contributed by atoms with Gasteiger partial charge >= 0.3 is 18.9 Å². The molecule has 76 valence electrons. The second kappa shape index (κ2) is 4.92. The topological polar surface area (TPSA) is 83.7 Å². The third-order valence-electron chi connectivity index (χ3n) is 1.84. The molecule has 0 spiro atoms. The number of carbonyl (C=O) groups is 1. The Morgan fingerprint density at radius 1 is 1.31 bits per heavy atom. The molecule has 0 N–H and O–H groups in total. The number of pyridine rings is 1. The Kier molecular flexibility index (Phi) is 3.82. The van der Waals surface area contributed by atoms with E-state index in [1.807, 2.05) is 0 Å². The molecule has 0 amide bonds. The number of carbonyl (C=O) groups excluding carboxylic acids is 1. The fourth-order valence-electron chi connectivity index (χ4n) is 1.20. The summed E-state index contributed by atoms with van der Waals surface area (Å²) in [4.78, 5) is 15.9. The zero-order chi connectivity index (χ0) is 10.8. The number of rotatable bonds is 2. The van der Waals surface area contributed by atoms with Gasteiger partial charge in [-0.1, -0.05) is 0 Å². The van der Waals surface area contributed by atoms with Crippen molar-refractivity contribution >= 4 is 5.97 Å². The van der Waals surface area contributed by atoms with Gasteiger partial charge in [0.2, 0.25) is 0 Å². The van der Waals surface area contributed by atoms with E-state index >= 15 is 0 Å². The molecule has 0 atom stereocenters. The largest absolute Gasteiger partial charge is 1.00 e. The first-order valence-electron chi connectivity index (χ1n) is 4.24. The minimum absolute atomic E-state index is 0. The minimum atomic E-state index is -1.34. The van der Waals surface area contributed by atoms with E-state index in [1.54, 1.807) is 19.1 Å². The zero-order valence-corrected chi connectivity index (χ0v) is 8.91. The van der Waals surface area contributed by atoms with Crippen LogP contribution in [-0.2, 0) is 0 Å². The van der Waals surface area contributed by atoms with Crippen molar-refractivity contribution in [2.75, 3.05) is 0 Å². The Labute approximate surface area is 103 Å². The average molecular weight is 210 g/mol. The summed E-state index contributed by atoms with van der Waals surface area (Å²) < 4.78 is 0. The molecule has 0 aromatic carbocycles. The van der Waals surface area contributed by atoms with E-state index in [-0.39, 0.29) is 24.6 Å². The van der Waals surface area contributed by atoms with Crippen molar-refractivity contribution in [2.45, 2.75) is 6.92 Å². The summed E-state index contributed by atoms with van der Waals surface area (Å²) >= 11 is 0. The third kappa shape index (κ3) is 2.29. The van der Waals surface area contributed by atoms with Crippen molar-refractivity contribution in [3.63, 3.8) is 0 Å². The molecule has 0 unspecified atom stereocenters. The summed E-state index contributed by atoms with van der Waals surface area (Å²) in [7, 11) is 0. The van der Waals surface area contributed by atoms with Crippen LogP contribution in [0.3, 0.4) is 0 Å². The van der Waals surface area contributed by atoms with Gasteiger partial charge in [-0.3, -0.25) is 0 Å². The van der Waals surface area contributed by atoms with Gasteiger partial charge in [-0.25, -0.2) is 4.98 Å². The van der Waals surface area contributed by atoms with Crippen LogP contribution in [0.1, 0.15) is 16.2 Å². The molecule has 16 heavy (non-hydrogen) atoms. The molecule has 0 aliphatic carbocycles. The molecular formula is C9H7LiN4O2. The first kappa shape index (κ1) is 12.4. The monoisotopic (exact) mass is 210 g/mol. The SMILES string of the molecule is Cc1ccc(-n2nccn2)c(C(=O)[O-])n1.[Li+]. The summed E-state index contributed by atoms with van der Waals surface area (Å²) in [5.74, 6) is -1.34. The smallest absolute Gasteiger partial charge is 0.543 e. The van der Waals surface area contributed by atoms with Crippen LogP contribution in [0.2, 0.25) is 0 Å². The molecule has 0 saturated heterocycles. The Morgan fingerprint density at radius 3 is 2.50 bits per heavy atom. The van der Waals surface area contributed by atoms with Crippen LogP contribution in [0.5, 0.6) is 0 Å². The molecule has 0 fully saturated rings. The van der Waals surface area contributed by atoms with Crippen molar-refractivity contribution in [2.24, 2.45) is 0 Å². The van der Waals surface area contributed by atoms with Gasteiger partial charge in [0.15, 0.2) is 0 Å². The van der Waals surface area contributed by atoms with Crippen molar-refractivity contribution in [3.8, 4) is 5.69 Å². The number of aromatic carboxylic acids is 1. The van der Waals surface area contributed by atoms with E-state index in [1.165, 1.54) is 17.2 Å². The molecule has 7 heteroatoms. The summed E-state index contributed by atoms with van der Waals surface area (Å²) in [5.41, 5.74) is 0.738. The van der Waals surface area contributed by atoms with E-state index in [0.717, 1.165) is 0 Å². The van der Waals surface area contributed by atoms with Gasteiger partial charge in [-0.2, -0.15) is 10.2 Å². The number of carboxylic acid groups (broad SMARTS) is 1. The fraction of sp³-hybridized carbons (Fsp3) is 0.111. The van der Waals surface area contributed by atoms with Crippen LogP contribution >= 0.6 is 0 Å². The van der Waals surface area contributed by atoms with Crippen molar-refractivity contribution in [1.82, 2.24) is 20.0 Å². The first-order chi connectivity index (χ1) is 7.18. The van der Waals surface area contributed by atoms with Crippen molar-refractivity contribution in [1.29, 1.82) is 0 Å². The second-order valence-electron chi connectivity index (χ2n) is 2.93. The molecule has 2 aromatic heterocycles. The van der Waals surface area contributed by atoms with E-state index in [0.29, 0.717) is 11.4 Å². The van der Waals surface area contributed by atoms with Crippen LogP contribution in [0.4, 0.5) is 0 Å². The first-order valence-corrected chi connectivity index (χ1v) is 4.24. The molecule has 2 heterocycles. The molecule has 2 rings (SSSR count). The maximum Gasteiger partial charge on any atom is 1.00 e. The molecule has 0 aliphatic heterocycles. The second-order valence-corrected chi connectivity index (χ2v) is 2.93. The number of carboxylic acids is 1. The Balaban J connectivity index is 0.00000128. The predicted molar refractivity (Wildman–Crippen MR) is 48.2 cm³/mol. The molecule has 0 saturated carbocycles. The molecule has 6 nitrogen and oxygen atoms in total. The van der Waals surface area contributed by atoms with Crippen LogP contribution in [0.25, 0.3) is 5.69 Å². The number of aryl methyl sites for hydroxylation is 1. The van der Waals surface area contributed by atoms with Gasteiger partial charge in [0, 0.05) is 5.69 Å². The summed E-state index contributed by atoms with van der Waals surface area (Å²) in [6.07, 6.45) is 2.91. The van der Waals surface area contributed by atoms with Crippen LogP contribution in [0.15, 0.2) is 24.5 Å². The van der Waals surface area contributed by atoms with Crippen LogP contribution in [-0.4, -0.2) is 25.9 Å². The molecular weight excluding hydrogens is 203 g/mol. The Morgan fingerprint density at radius 2 is 1.94 bits per heavy atom. The van der Waals surface area contributed by atoms with Gasteiger partial charge in [-0.05, 0) is 19.1 Å². The quantitative estimate of drug-likeness (QED) is 0.477. The molecule has 0 radical (unpaired) electrons. The number of hydrogen-bond acceptors (Lipinski definition) is 5. The minimum Gasteiger partial charge on any atom is -0.543 e. The van der Waals surface area contributed by atoms with Gasteiger partial charge in [0.1, 0.15) is 11.4 Å². The molecule has 2 aromatic rings. The third-order valence-corrected chi connectivity index (χ3v) is 1.84. The summed E-state index contributed by atoms with van der Waals surface area (Å²) in [6, 6.07) is 3.28. The van der Waals surface area contributed by atoms with E-state index in [2.05, 4.69) is 15.2 Å². The van der Waals surface area contributed by atoms with Gasteiger partial charge in [0.25, 0.3) is 0 Å². The van der Waals surface area contributed by atoms with Gasteiger partial charge in [0.05, 0.1) is 18.4 Å². The maximum absolute atomic E-state index is 10.8. The molecule has 0 aliphatic rings. The number of hydrogen-bond donors (Lipinski definition) is 0. The van der Waals surface area contributed by atoms with Crippen LogP contribution < -0.4 is 24.0 Å². The summed E-state index contributed by atoms with van der Waals surface area (Å²) in [6.45, 7) is 1.70. The number of aromatic nitrogens is 4. The fourth-order valence-corrected chi connectivity index (χ4v) is 1.20. The maximum atomic E-state index is 10.8. The Hall–Kier alpha value is -1.64. The standard InChI is InChI=1S/C9H8N4O2.Li/c1-6-2-3-7(8(12-6)9(14)15)13-10-4-5-11-13;/h2-5H,1H3,(H,14,15);/q;+1/p-1. The predicted octanol–water partition coefficient (Wildman–Crippen LogP) is -3.66. The van der Waals surface area contributed by atoms with Crippen LogP contribution in [0, 0.1) is 6.92 Å². The average Bonchev–Trinajstić information content (AvgIpc) is 2.70. The van der Waals surface area contributed by atoms with E-state index < -0.39 is 5.97 Å². The Bertz CT molecular complexity index is 498. The normalized spacial score (nSPS) is 9.56. The van der Waals surface area contributed by atoms with Gasteiger partial charge in [-0.15, -0.1) is 4.80 Å². The summed E-state index contributed by atoms with van der Waals surface area (Å²) in [5, 5.41) is 18.5. The van der Waals surface area contributed by atoms with E-state index in [9.17, 15) is 9.90 Å². The molecule has 0 bridgehead atoms. The number of nitrogens with zero attached hydrogens (tertiary/aromatic N) is 4. The van der Waals surface area contributed by atoms with Crippen molar-refractivity contribution in [3.05, 3.63) is 35.9 Å². The van der Waals surface area contributed by atoms with E-state index in [4.69, 9.17) is 0 Å². The van der Waals surface area contributed by atoms with Gasteiger partial charge < -0.3 is 9.90 Å². The van der Waals surface area contributed by atoms with Crippen molar-refractivity contribution < 1.29 is 28.8 Å². The zero-order valence-electron chi connectivity index (χ0n) is 8.91.